The van der Waals surface area contributed by atoms with E-state index in [-0.39, 0.29) is 18.4 Å². The number of amides is 1. The van der Waals surface area contributed by atoms with Crippen molar-refractivity contribution in [3.63, 3.8) is 0 Å². The van der Waals surface area contributed by atoms with Gasteiger partial charge in [-0.2, -0.15) is 0 Å². The third-order valence-corrected chi connectivity index (χ3v) is 8.01. The molecule has 7 heteroatoms. The molecule has 0 aromatic heterocycles. The van der Waals surface area contributed by atoms with Gasteiger partial charge in [-0.05, 0) is 73.2 Å². The number of halogens is 2. The number of hydrogen-bond acceptors (Lipinski definition) is 3. The Hall–Kier alpha value is -2.86. The number of carbonyl (C=O) groups excluding carboxylic acids is 1. The fourth-order valence-corrected chi connectivity index (χ4v) is 5.65. The Labute approximate surface area is 234 Å². The van der Waals surface area contributed by atoms with Gasteiger partial charge in [-0.3, -0.25) is 9.59 Å². The molecule has 2 N–H and O–H groups in total. The van der Waals surface area contributed by atoms with Crippen molar-refractivity contribution in [1.82, 2.24) is 10.2 Å². The Morgan fingerprint density at radius 3 is 2.29 bits per heavy atom. The monoisotopic (exact) mass is 552 g/mol. The van der Waals surface area contributed by atoms with Crippen molar-refractivity contribution in [3.8, 4) is 11.1 Å². The number of rotatable bonds is 10. The first kappa shape index (κ1) is 28.2. The van der Waals surface area contributed by atoms with E-state index in [0.717, 1.165) is 62.0 Å². The Balaban J connectivity index is 1.30. The number of carboxylic acid groups (broad SMARTS) is 1. The molecule has 0 bridgehead atoms. The molecule has 1 amide bonds. The first-order valence-corrected chi connectivity index (χ1v) is 13.9. The second-order valence-corrected chi connectivity index (χ2v) is 11.3. The summed E-state index contributed by atoms with van der Waals surface area (Å²) < 4.78 is 0. The molecule has 1 atom stereocenters. The van der Waals surface area contributed by atoms with Gasteiger partial charge in [0.15, 0.2) is 0 Å². The van der Waals surface area contributed by atoms with Crippen molar-refractivity contribution in [3.05, 3.63) is 94.0 Å². The van der Waals surface area contributed by atoms with Crippen molar-refractivity contribution >= 4 is 35.1 Å². The molecule has 4 rings (SSSR count). The molecule has 0 radical (unpaired) electrons. The lowest BCUT2D eigenvalue weighted by atomic mass is 9.76. The highest BCUT2D eigenvalue weighted by atomic mass is 35.5. The summed E-state index contributed by atoms with van der Waals surface area (Å²) >= 11 is 12.3. The highest BCUT2D eigenvalue weighted by molar-refractivity contribution is 6.31. The largest absolute Gasteiger partial charge is 0.481 e. The van der Waals surface area contributed by atoms with Gasteiger partial charge >= 0.3 is 5.97 Å². The Morgan fingerprint density at radius 1 is 0.974 bits per heavy atom. The van der Waals surface area contributed by atoms with E-state index in [1.807, 2.05) is 67.6 Å². The summed E-state index contributed by atoms with van der Waals surface area (Å²) in [6.07, 6.45) is 3.58. The van der Waals surface area contributed by atoms with Gasteiger partial charge < -0.3 is 15.3 Å². The lowest BCUT2D eigenvalue weighted by Crippen LogP contribution is -2.45. The summed E-state index contributed by atoms with van der Waals surface area (Å²) in [5.41, 5.74) is 2.97. The zero-order valence-corrected chi connectivity index (χ0v) is 23.1. The summed E-state index contributed by atoms with van der Waals surface area (Å²) in [7, 11) is 0. The van der Waals surface area contributed by atoms with Gasteiger partial charge in [-0.1, -0.05) is 78.7 Å². The maximum atomic E-state index is 13.3. The third-order valence-electron chi connectivity index (χ3n) is 7.52. The SMILES string of the molecule is CC(CCCN1CCC(NC(=O)c2cc(Cl)ccc2-c2ccc(Cl)cc2)CC1)(CC(=O)O)c1ccccc1. The Kier molecular flexibility index (Phi) is 9.48. The standard InChI is InChI=1S/C31H34Cl2N2O3/c1-31(21-29(36)37,23-6-3-2-4-7-23)16-5-17-35-18-14-26(15-19-35)34-30(38)28-20-25(33)12-13-27(28)22-8-10-24(32)11-9-22/h2-4,6-13,20,26H,5,14-19,21H2,1H3,(H,34,38)(H,36,37). The maximum Gasteiger partial charge on any atom is 0.304 e. The van der Waals surface area contributed by atoms with E-state index in [2.05, 4.69) is 10.2 Å². The predicted molar refractivity (Wildman–Crippen MR) is 154 cm³/mol. The summed E-state index contributed by atoms with van der Waals surface area (Å²) in [6, 6.07) is 22.8. The van der Waals surface area contributed by atoms with E-state index in [1.165, 1.54) is 0 Å². The molecule has 1 heterocycles. The Morgan fingerprint density at radius 2 is 1.63 bits per heavy atom. The van der Waals surface area contributed by atoms with Crippen molar-refractivity contribution in [1.29, 1.82) is 0 Å². The second-order valence-electron chi connectivity index (χ2n) is 10.4. The van der Waals surface area contributed by atoms with E-state index >= 15 is 0 Å². The number of nitrogens with one attached hydrogen (secondary N) is 1. The number of piperidine rings is 1. The average molecular weight is 554 g/mol. The van der Waals surface area contributed by atoms with Crippen LogP contribution in [0.25, 0.3) is 11.1 Å². The van der Waals surface area contributed by atoms with Crippen LogP contribution < -0.4 is 5.32 Å². The lowest BCUT2D eigenvalue weighted by molar-refractivity contribution is -0.138. The van der Waals surface area contributed by atoms with E-state index < -0.39 is 11.4 Å². The number of aliphatic carboxylic acids is 1. The maximum absolute atomic E-state index is 13.3. The molecule has 1 fully saturated rings. The number of carboxylic acids is 1. The second kappa shape index (κ2) is 12.8. The van der Waals surface area contributed by atoms with Gasteiger partial charge in [0, 0.05) is 40.2 Å². The fourth-order valence-electron chi connectivity index (χ4n) is 5.35. The molecule has 1 aliphatic rings. The number of benzene rings is 3. The first-order valence-electron chi connectivity index (χ1n) is 13.1. The van der Waals surface area contributed by atoms with Crippen molar-refractivity contribution in [2.75, 3.05) is 19.6 Å². The van der Waals surface area contributed by atoms with E-state index in [1.54, 1.807) is 12.1 Å². The summed E-state index contributed by atoms with van der Waals surface area (Å²) in [6.45, 7) is 4.75. The summed E-state index contributed by atoms with van der Waals surface area (Å²) in [5.74, 6) is -0.893. The van der Waals surface area contributed by atoms with Gasteiger partial charge in [-0.15, -0.1) is 0 Å². The predicted octanol–water partition coefficient (Wildman–Crippen LogP) is 7.07. The number of likely N-dealkylation sites (tertiary alicyclic amines) is 1. The average Bonchev–Trinajstić information content (AvgIpc) is 2.90. The molecule has 0 aliphatic carbocycles. The van der Waals surface area contributed by atoms with E-state index in [4.69, 9.17) is 23.2 Å². The first-order chi connectivity index (χ1) is 18.2. The van der Waals surface area contributed by atoms with Crippen LogP contribution in [0.1, 0.15) is 54.9 Å². The van der Waals surface area contributed by atoms with Crippen LogP contribution in [0.5, 0.6) is 0 Å². The van der Waals surface area contributed by atoms with Gasteiger partial charge in [0.25, 0.3) is 5.91 Å². The van der Waals surface area contributed by atoms with Crippen LogP contribution in [0.2, 0.25) is 10.0 Å². The molecule has 1 aliphatic heterocycles. The molecular weight excluding hydrogens is 519 g/mol. The number of hydrogen-bond donors (Lipinski definition) is 2. The van der Waals surface area contributed by atoms with Gasteiger partial charge in [-0.25, -0.2) is 0 Å². The molecule has 1 unspecified atom stereocenters. The minimum absolute atomic E-state index is 0.0948. The molecule has 200 valence electrons. The van der Waals surface area contributed by atoms with Crippen LogP contribution in [0.3, 0.4) is 0 Å². The number of nitrogens with zero attached hydrogens (tertiary/aromatic N) is 1. The molecule has 38 heavy (non-hydrogen) atoms. The van der Waals surface area contributed by atoms with Gasteiger partial charge in [0.1, 0.15) is 0 Å². The fraction of sp³-hybridized carbons (Fsp3) is 0.355. The molecule has 5 nitrogen and oxygen atoms in total. The van der Waals surface area contributed by atoms with Crippen LogP contribution in [0.15, 0.2) is 72.8 Å². The minimum atomic E-state index is -0.771. The van der Waals surface area contributed by atoms with Crippen LogP contribution >= 0.6 is 23.2 Å². The highest BCUT2D eigenvalue weighted by Crippen LogP contribution is 2.33. The van der Waals surface area contributed by atoms with Crippen molar-refractivity contribution in [2.45, 2.75) is 50.5 Å². The summed E-state index contributed by atoms with van der Waals surface area (Å²) in [5, 5.41) is 13.9. The smallest absolute Gasteiger partial charge is 0.304 e. The van der Waals surface area contributed by atoms with Crippen LogP contribution in [-0.4, -0.2) is 47.6 Å². The summed E-state index contributed by atoms with van der Waals surface area (Å²) in [4.78, 5) is 27.2. The normalized spacial score (nSPS) is 16.1. The minimum Gasteiger partial charge on any atom is -0.481 e. The molecular formula is C31H34Cl2N2O3. The van der Waals surface area contributed by atoms with E-state index in [0.29, 0.717) is 15.6 Å². The zero-order chi connectivity index (χ0) is 27.1. The highest BCUT2D eigenvalue weighted by Gasteiger charge is 2.30. The molecule has 3 aromatic carbocycles. The molecule has 1 saturated heterocycles. The van der Waals surface area contributed by atoms with Crippen molar-refractivity contribution in [2.24, 2.45) is 0 Å². The van der Waals surface area contributed by atoms with Crippen LogP contribution in [0.4, 0.5) is 0 Å². The van der Waals surface area contributed by atoms with Crippen molar-refractivity contribution < 1.29 is 14.7 Å². The topological polar surface area (TPSA) is 69.6 Å². The molecule has 3 aromatic rings. The Bertz CT molecular complexity index is 1240. The van der Waals surface area contributed by atoms with Gasteiger partial charge in [0.05, 0.1) is 6.42 Å². The quantitative estimate of drug-likeness (QED) is 0.282. The van der Waals surface area contributed by atoms with Crippen LogP contribution in [0, 0.1) is 0 Å². The van der Waals surface area contributed by atoms with Crippen LogP contribution in [-0.2, 0) is 10.2 Å². The third kappa shape index (κ3) is 7.37. The zero-order valence-electron chi connectivity index (χ0n) is 21.6. The molecule has 0 spiro atoms. The molecule has 0 saturated carbocycles. The van der Waals surface area contributed by atoms with Gasteiger partial charge in [0.2, 0.25) is 0 Å². The van der Waals surface area contributed by atoms with E-state index in [9.17, 15) is 14.7 Å². The number of carbonyl (C=O) groups is 2. The lowest BCUT2D eigenvalue weighted by Gasteiger charge is -2.34.